The van der Waals surface area contributed by atoms with E-state index in [0.717, 1.165) is 18.2 Å². The van der Waals surface area contributed by atoms with E-state index in [0.29, 0.717) is 16.6 Å². The van der Waals surface area contributed by atoms with Crippen LogP contribution in [-0.2, 0) is 21.4 Å². The highest BCUT2D eigenvalue weighted by Crippen LogP contribution is 2.31. The summed E-state index contributed by atoms with van der Waals surface area (Å²) in [4.78, 5) is 32.3. The highest BCUT2D eigenvalue weighted by Gasteiger charge is 2.25. The zero-order valence-electron chi connectivity index (χ0n) is 20.5. The molecule has 1 amide bonds. The number of ether oxygens (including phenoxy) is 1. The van der Waals surface area contributed by atoms with E-state index >= 15 is 0 Å². The minimum absolute atomic E-state index is 0.119. The lowest BCUT2D eigenvalue weighted by atomic mass is 10.0. The maximum atomic E-state index is 14.2. The van der Waals surface area contributed by atoms with Crippen LogP contribution in [0.3, 0.4) is 0 Å². The Morgan fingerprint density at radius 2 is 1.82 bits per heavy atom. The lowest BCUT2D eigenvalue weighted by Crippen LogP contribution is -2.32. The first-order valence-electron chi connectivity index (χ1n) is 11.3. The normalized spacial score (nSPS) is 12.2. The molecule has 0 saturated heterocycles. The van der Waals surface area contributed by atoms with Crippen LogP contribution < -0.4 is 20.3 Å². The summed E-state index contributed by atoms with van der Waals surface area (Å²) < 4.78 is 62.6. The van der Waals surface area contributed by atoms with Crippen molar-refractivity contribution in [1.29, 1.82) is 0 Å². The van der Waals surface area contributed by atoms with Crippen molar-refractivity contribution < 1.29 is 26.7 Å². The number of hydrogen-bond acceptors (Lipinski definition) is 7. The Bertz CT molecular complexity index is 1690. The van der Waals surface area contributed by atoms with Crippen molar-refractivity contribution in [3.8, 4) is 17.0 Å². The molecule has 0 aliphatic rings. The molecule has 0 saturated carbocycles. The van der Waals surface area contributed by atoms with Crippen molar-refractivity contribution in [2.75, 3.05) is 18.9 Å². The Balaban J connectivity index is 1.75. The van der Waals surface area contributed by atoms with Crippen LogP contribution >= 0.6 is 0 Å². The van der Waals surface area contributed by atoms with E-state index in [1.54, 1.807) is 25.1 Å². The summed E-state index contributed by atoms with van der Waals surface area (Å²) in [5, 5.41) is 2.80. The summed E-state index contributed by atoms with van der Waals surface area (Å²) in [7, 11) is -1.92. The first-order chi connectivity index (χ1) is 18.1. The van der Waals surface area contributed by atoms with E-state index in [1.165, 1.54) is 37.3 Å². The number of benzene rings is 2. The summed E-state index contributed by atoms with van der Waals surface area (Å²) in [5.74, 6) is -3.35. The number of pyridine rings is 1. The molecule has 1 unspecified atom stereocenters. The molecule has 0 fully saturated rings. The fourth-order valence-corrected chi connectivity index (χ4v) is 5.06. The molecule has 2 N–H and O–H groups in total. The Kier molecular flexibility index (Phi) is 7.39. The Labute approximate surface area is 216 Å². The summed E-state index contributed by atoms with van der Waals surface area (Å²) in [5.41, 5.74) is 0.745. The molecule has 4 aromatic rings. The summed E-state index contributed by atoms with van der Waals surface area (Å²) in [6.07, 6.45) is 2.76. The van der Waals surface area contributed by atoms with Gasteiger partial charge in [0.05, 0.1) is 30.3 Å². The van der Waals surface area contributed by atoms with Gasteiger partial charge in [0.25, 0.3) is 15.6 Å². The van der Waals surface area contributed by atoms with Gasteiger partial charge in [-0.2, -0.15) is 0 Å². The van der Waals surface area contributed by atoms with Gasteiger partial charge < -0.3 is 10.1 Å². The Hall–Kier alpha value is -4.39. The van der Waals surface area contributed by atoms with Crippen LogP contribution in [0, 0.1) is 17.6 Å². The van der Waals surface area contributed by atoms with E-state index in [-0.39, 0.29) is 35.0 Å². The van der Waals surface area contributed by atoms with Gasteiger partial charge in [-0.15, -0.1) is 0 Å². The zero-order valence-corrected chi connectivity index (χ0v) is 21.3. The van der Waals surface area contributed by atoms with E-state index in [2.05, 4.69) is 20.0 Å². The maximum Gasteiger partial charge on any atom is 0.267 e. The average molecular weight is 544 g/mol. The second kappa shape index (κ2) is 10.5. The molecule has 198 valence electrons. The van der Waals surface area contributed by atoms with E-state index in [4.69, 9.17) is 4.74 Å². The highest BCUT2D eigenvalue weighted by molar-refractivity contribution is 7.92. The van der Waals surface area contributed by atoms with Crippen LogP contribution in [0.1, 0.15) is 6.92 Å². The number of aromatic nitrogens is 3. The Morgan fingerprint density at radius 3 is 2.47 bits per heavy atom. The van der Waals surface area contributed by atoms with Crippen LogP contribution in [-0.4, -0.2) is 43.0 Å². The number of hydrogen-bond donors (Lipinski definition) is 2. The lowest BCUT2D eigenvalue weighted by molar-refractivity contribution is -0.124. The number of fused-ring (bicyclic) bond motifs is 1. The predicted molar refractivity (Wildman–Crippen MR) is 136 cm³/mol. The molecule has 0 aliphatic carbocycles. The smallest absolute Gasteiger partial charge is 0.267 e. The van der Waals surface area contributed by atoms with Crippen molar-refractivity contribution in [1.82, 2.24) is 19.9 Å². The fraction of sp³-hybridized carbons (Fsp3) is 0.200. The number of sulfonamides is 1. The van der Waals surface area contributed by atoms with Gasteiger partial charge in [-0.05, 0) is 35.9 Å². The molecule has 0 radical (unpaired) electrons. The molecule has 0 bridgehead atoms. The third kappa shape index (κ3) is 5.18. The molecule has 2 aromatic heterocycles. The number of methoxy groups -OCH3 is 1. The molecule has 1 atom stereocenters. The van der Waals surface area contributed by atoms with Crippen molar-refractivity contribution in [3.63, 3.8) is 0 Å². The molecule has 13 heteroatoms. The molecule has 2 heterocycles. The summed E-state index contributed by atoms with van der Waals surface area (Å²) in [6, 6.07) is 8.90. The van der Waals surface area contributed by atoms with Crippen LogP contribution in [0.25, 0.3) is 22.0 Å². The standard InChI is InChI=1S/C25H23F2N5O5S/c1-14(23(33)28-2)12-32-13-30-20-8-7-15(9-17(20)25(32)34)16-10-21(24(37-3)29-11-16)31-38(35,36)22-18(26)5-4-6-19(22)27/h4-11,13-14,31H,12H2,1-3H3,(H,28,33). The van der Waals surface area contributed by atoms with E-state index in [1.807, 2.05) is 0 Å². The largest absolute Gasteiger partial charge is 0.480 e. The number of anilines is 1. The number of amides is 1. The van der Waals surface area contributed by atoms with Gasteiger partial charge in [0.2, 0.25) is 11.8 Å². The summed E-state index contributed by atoms with van der Waals surface area (Å²) in [6.45, 7) is 1.80. The van der Waals surface area contributed by atoms with Gasteiger partial charge in [-0.25, -0.2) is 27.2 Å². The van der Waals surface area contributed by atoms with Gasteiger partial charge in [0, 0.05) is 25.4 Å². The second-order valence-electron chi connectivity index (χ2n) is 8.39. The fourth-order valence-electron chi connectivity index (χ4n) is 3.87. The van der Waals surface area contributed by atoms with E-state index in [9.17, 15) is 26.8 Å². The SMILES string of the molecule is CNC(=O)C(C)Cn1cnc2ccc(-c3cnc(OC)c(NS(=O)(=O)c4c(F)cccc4F)c3)cc2c1=O. The number of rotatable bonds is 8. The number of nitrogens with zero attached hydrogens (tertiary/aromatic N) is 3. The Morgan fingerprint density at radius 1 is 1.11 bits per heavy atom. The van der Waals surface area contributed by atoms with Crippen LogP contribution in [0.4, 0.5) is 14.5 Å². The third-order valence-corrected chi connectivity index (χ3v) is 7.21. The topological polar surface area (TPSA) is 132 Å². The molecule has 4 rings (SSSR count). The number of carbonyl (C=O) groups excluding carboxylic acids is 1. The molecular formula is C25H23F2N5O5S. The monoisotopic (exact) mass is 543 g/mol. The quantitative estimate of drug-likeness (QED) is 0.349. The number of carbonyl (C=O) groups is 1. The van der Waals surface area contributed by atoms with Gasteiger partial charge in [-0.3, -0.25) is 18.9 Å². The van der Waals surface area contributed by atoms with E-state index < -0.39 is 32.5 Å². The molecule has 38 heavy (non-hydrogen) atoms. The molecule has 2 aromatic carbocycles. The van der Waals surface area contributed by atoms with Gasteiger partial charge >= 0.3 is 0 Å². The predicted octanol–water partition coefficient (Wildman–Crippen LogP) is 2.93. The van der Waals surface area contributed by atoms with Crippen molar-refractivity contribution in [3.05, 3.63) is 77.0 Å². The minimum atomic E-state index is -4.69. The van der Waals surface area contributed by atoms with Crippen LogP contribution in [0.5, 0.6) is 5.88 Å². The van der Waals surface area contributed by atoms with Gasteiger partial charge in [0.15, 0.2) is 4.90 Å². The first-order valence-corrected chi connectivity index (χ1v) is 12.8. The average Bonchev–Trinajstić information content (AvgIpc) is 2.89. The summed E-state index contributed by atoms with van der Waals surface area (Å²) >= 11 is 0. The van der Waals surface area contributed by atoms with Gasteiger partial charge in [-0.1, -0.05) is 19.1 Å². The number of nitrogens with one attached hydrogen (secondary N) is 2. The number of halogens is 2. The molecule has 0 spiro atoms. The van der Waals surface area contributed by atoms with Crippen LogP contribution in [0.2, 0.25) is 0 Å². The van der Waals surface area contributed by atoms with Crippen LogP contribution in [0.15, 0.2) is 64.7 Å². The maximum absolute atomic E-state index is 14.2. The molecule has 0 aliphatic heterocycles. The minimum Gasteiger partial charge on any atom is -0.480 e. The van der Waals surface area contributed by atoms with Gasteiger partial charge in [0.1, 0.15) is 17.3 Å². The van der Waals surface area contributed by atoms with Crippen molar-refractivity contribution in [2.45, 2.75) is 18.4 Å². The highest BCUT2D eigenvalue weighted by atomic mass is 32.2. The third-order valence-electron chi connectivity index (χ3n) is 5.80. The second-order valence-corrected chi connectivity index (χ2v) is 10.0. The lowest BCUT2D eigenvalue weighted by Gasteiger charge is -2.14. The van der Waals surface area contributed by atoms with Crippen molar-refractivity contribution in [2.24, 2.45) is 5.92 Å². The first kappa shape index (κ1) is 26.7. The van der Waals surface area contributed by atoms with Crippen molar-refractivity contribution >= 4 is 32.5 Å². The molecular weight excluding hydrogens is 520 g/mol. The zero-order chi connectivity index (χ0) is 27.6. The molecule has 10 nitrogen and oxygen atoms in total.